The first-order chi connectivity index (χ1) is 13.0. The van der Waals surface area contributed by atoms with Crippen molar-refractivity contribution in [1.29, 1.82) is 0 Å². The van der Waals surface area contributed by atoms with Crippen molar-refractivity contribution in [2.24, 2.45) is 5.92 Å². The molecular weight excluding hydrogens is 354 g/mol. The van der Waals surface area contributed by atoms with Gasteiger partial charge >= 0.3 is 5.88 Å². The average molecular weight is 373 g/mol. The van der Waals surface area contributed by atoms with Crippen molar-refractivity contribution in [3.05, 3.63) is 52.3 Å². The van der Waals surface area contributed by atoms with E-state index < -0.39 is 16.7 Å². The highest BCUT2D eigenvalue weighted by atomic mass is 16.6. The molecule has 3 rings (SSSR count). The zero-order chi connectivity index (χ0) is 19.4. The summed E-state index contributed by atoms with van der Waals surface area (Å²) in [5.41, 5.74) is 0.777. The highest BCUT2D eigenvalue weighted by Gasteiger charge is 2.31. The van der Waals surface area contributed by atoms with E-state index in [0.717, 1.165) is 17.5 Å². The number of nitrogens with one attached hydrogen (secondary N) is 1. The number of carbonyl (C=O) groups excluding carboxylic acids is 2. The van der Waals surface area contributed by atoms with Gasteiger partial charge in [-0.3, -0.25) is 19.7 Å². The molecule has 1 N–H and O–H groups in total. The topological polar surface area (TPSA) is 115 Å². The summed E-state index contributed by atoms with van der Waals surface area (Å²) >= 11 is 0. The van der Waals surface area contributed by atoms with E-state index in [2.05, 4.69) is 5.32 Å². The number of anilines is 1. The fourth-order valence-corrected chi connectivity index (χ4v) is 2.93. The SMILES string of the molecule is CCOc1ccc(N2CC(CNC(=O)c3ccc([N+](=O)[O-])o3)CC2=O)cc1. The van der Waals surface area contributed by atoms with Crippen molar-refractivity contribution in [3.63, 3.8) is 0 Å². The first-order valence-electron chi connectivity index (χ1n) is 8.53. The van der Waals surface area contributed by atoms with Crippen molar-refractivity contribution in [3.8, 4) is 5.75 Å². The standard InChI is InChI=1S/C18H19N3O6/c1-2-26-14-5-3-13(4-6-14)20-11-12(9-16(20)22)10-19-18(23)15-7-8-17(27-15)21(24)25/h3-8,12H,2,9-11H2,1H3,(H,19,23). The minimum atomic E-state index is -0.707. The fourth-order valence-electron chi connectivity index (χ4n) is 2.93. The van der Waals surface area contributed by atoms with E-state index in [9.17, 15) is 19.7 Å². The number of nitrogens with zero attached hydrogens (tertiary/aromatic N) is 2. The lowest BCUT2D eigenvalue weighted by Crippen LogP contribution is -2.31. The van der Waals surface area contributed by atoms with Crippen molar-refractivity contribution in [2.45, 2.75) is 13.3 Å². The van der Waals surface area contributed by atoms with Crippen LogP contribution in [0.15, 0.2) is 40.8 Å². The quantitative estimate of drug-likeness (QED) is 0.588. The van der Waals surface area contributed by atoms with E-state index in [0.29, 0.717) is 19.6 Å². The van der Waals surface area contributed by atoms with E-state index in [1.54, 1.807) is 4.90 Å². The molecule has 9 nitrogen and oxygen atoms in total. The van der Waals surface area contributed by atoms with Gasteiger partial charge in [0.2, 0.25) is 5.91 Å². The summed E-state index contributed by atoms with van der Waals surface area (Å²) in [4.78, 5) is 35.9. The predicted molar refractivity (Wildman–Crippen MR) is 95.8 cm³/mol. The Bertz CT molecular complexity index is 845. The second kappa shape index (κ2) is 7.90. The van der Waals surface area contributed by atoms with Crippen LogP contribution in [0.5, 0.6) is 5.75 Å². The predicted octanol–water partition coefficient (Wildman–Crippen LogP) is 2.37. The van der Waals surface area contributed by atoms with Gasteiger partial charge in [-0.25, -0.2) is 0 Å². The smallest absolute Gasteiger partial charge is 0.433 e. The molecule has 142 valence electrons. The van der Waals surface area contributed by atoms with Crippen LogP contribution in [0.3, 0.4) is 0 Å². The van der Waals surface area contributed by atoms with Crippen LogP contribution in [0.2, 0.25) is 0 Å². The van der Waals surface area contributed by atoms with Crippen LogP contribution >= 0.6 is 0 Å². The summed E-state index contributed by atoms with van der Waals surface area (Å²) in [6.07, 6.45) is 0.311. The van der Waals surface area contributed by atoms with Crippen LogP contribution in [0.1, 0.15) is 23.9 Å². The van der Waals surface area contributed by atoms with Gasteiger partial charge in [-0.15, -0.1) is 0 Å². The molecule has 9 heteroatoms. The molecule has 1 unspecified atom stereocenters. The Kier molecular flexibility index (Phi) is 5.39. The minimum Gasteiger partial charge on any atom is -0.494 e. The molecule has 1 saturated heterocycles. The molecule has 0 bridgehead atoms. The van der Waals surface area contributed by atoms with Crippen molar-refractivity contribution < 1.29 is 23.7 Å². The van der Waals surface area contributed by atoms with Crippen molar-refractivity contribution in [1.82, 2.24) is 5.32 Å². The van der Waals surface area contributed by atoms with Crippen molar-refractivity contribution >= 4 is 23.4 Å². The van der Waals surface area contributed by atoms with Gasteiger partial charge in [0.1, 0.15) is 10.7 Å². The van der Waals surface area contributed by atoms with Crippen LogP contribution in [0.25, 0.3) is 0 Å². The number of amides is 2. The number of carbonyl (C=O) groups is 2. The Morgan fingerprint density at radius 1 is 1.33 bits per heavy atom. The number of ether oxygens (including phenoxy) is 1. The number of nitro groups is 1. The van der Waals surface area contributed by atoms with Crippen LogP contribution in [0, 0.1) is 16.0 Å². The normalized spacial score (nSPS) is 16.4. The van der Waals surface area contributed by atoms with Crippen LogP contribution in [0.4, 0.5) is 11.6 Å². The molecule has 2 aromatic rings. The third-order valence-electron chi connectivity index (χ3n) is 4.21. The Morgan fingerprint density at radius 2 is 2.07 bits per heavy atom. The second-order valence-electron chi connectivity index (χ2n) is 6.11. The highest BCUT2D eigenvalue weighted by molar-refractivity contribution is 5.96. The van der Waals surface area contributed by atoms with Crippen LogP contribution in [-0.2, 0) is 4.79 Å². The van der Waals surface area contributed by atoms with Crippen LogP contribution in [-0.4, -0.2) is 36.4 Å². The van der Waals surface area contributed by atoms with Gasteiger partial charge in [0.15, 0.2) is 5.76 Å². The highest BCUT2D eigenvalue weighted by Crippen LogP contribution is 2.26. The molecule has 1 atom stereocenters. The van der Waals surface area contributed by atoms with E-state index in [1.165, 1.54) is 6.07 Å². The maximum atomic E-state index is 12.3. The third-order valence-corrected chi connectivity index (χ3v) is 4.21. The molecule has 1 aromatic heterocycles. The summed E-state index contributed by atoms with van der Waals surface area (Å²) in [7, 11) is 0. The first kappa shape index (κ1) is 18.4. The number of furan rings is 1. The lowest BCUT2D eigenvalue weighted by Gasteiger charge is -2.17. The zero-order valence-electron chi connectivity index (χ0n) is 14.7. The van der Waals surface area contributed by atoms with Gasteiger partial charge in [-0.1, -0.05) is 0 Å². The maximum Gasteiger partial charge on any atom is 0.433 e. The zero-order valence-corrected chi connectivity index (χ0v) is 14.7. The monoisotopic (exact) mass is 373 g/mol. The molecule has 1 aliphatic heterocycles. The number of benzene rings is 1. The average Bonchev–Trinajstić information content (AvgIpc) is 3.28. The number of rotatable bonds is 7. The molecule has 2 amide bonds. The Morgan fingerprint density at radius 3 is 2.70 bits per heavy atom. The Hall–Kier alpha value is -3.36. The molecule has 1 aliphatic rings. The summed E-state index contributed by atoms with van der Waals surface area (Å²) in [5, 5.41) is 13.3. The molecule has 0 aliphatic carbocycles. The van der Waals surface area contributed by atoms with Gasteiger partial charge in [0.05, 0.1) is 12.7 Å². The van der Waals surface area contributed by atoms with Crippen molar-refractivity contribution in [2.75, 3.05) is 24.6 Å². The van der Waals surface area contributed by atoms with Gasteiger partial charge in [-0.2, -0.15) is 0 Å². The lowest BCUT2D eigenvalue weighted by atomic mass is 10.1. The van der Waals surface area contributed by atoms with E-state index in [-0.39, 0.29) is 24.1 Å². The molecule has 1 aromatic carbocycles. The largest absolute Gasteiger partial charge is 0.494 e. The number of hydrogen-bond donors (Lipinski definition) is 1. The van der Waals surface area contributed by atoms with Gasteiger partial charge in [0, 0.05) is 31.1 Å². The summed E-state index contributed by atoms with van der Waals surface area (Å²) in [6, 6.07) is 9.65. The molecule has 2 heterocycles. The van der Waals surface area contributed by atoms with Crippen LogP contribution < -0.4 is 15.0 Å². The van der Waals surface area contributed by atoms with Gasteiger partial charge in [0.25, 0.3) is 5.91 Å². The minimum absolute atomic E-state index is 0.0213. The van der Waals surface area contributed by atoms with E-state index in [4.69, 9.17) is 9.15 Å². The molecule has 0 saturated carbocycles. The molecular formula is C18H19N3O6. The van der Waals surface area contributed by atoms with E-state index in [1.807, 2.05) is 31.2 Å². The third kappa shape index (κ3) is 4.25. The van der Waals surface area contributed by atoms with Gasteiger partial charge < -0.3 is 19.4 Å². The lowest BCUT2D eigenvalue weighted by molar-refractivity contribution is -0.402. The molecule has 0 radical (unpaired) electrons. The Balaban J connectivity index is 1.55. The second-order valence-corrected chi connectivity index (χ2v) is 6.11. The molecule has 0 spiro atoms. The summed E-state index contributed by atoms with van der Waals surface area (Å²) < 4.78 is 10.3. The summed E-state index contributed by atoms with van der Waals surface area (Å²) in [6.45, 7) is 3.22. The maximum absolute atomic E-state index is 12.3. The van der Waals surface area contributed by atoms with E-state index >= 15 is 0 Å². The Labute approximate surface area is 155 Å². The molecule has 1 fully saturated rings. The first-order valence-corrected chi connectivity index (χ1v) is 8.53. The summed E-state index contributed by atoms with van der Waals surface area (Å²) in [5.74, 6) is -0.503. The number of hydrogen-bond acceptors (Lipinski definition) is 6. The van der Waals surface area contributed by atoms with Gasteiger partial charge in [-0.05, 0) is 37.3 Å². The molecule has 27 heavy (non-hydrogen) atoms. The fraction of sp³-hybridized carbons (Fsp3) is 0.333.